The van der Waals surface area contributed by atoms with Crippen molar-refractivity contribution in [2.45, 2.75) is 96.8 Å². The SMILES string of the molecule is C=C(C)C1=CC=C(C2=c3cc4c5c(c3Cc3c2cc2c6c3CCCN6CCC2(C)C)CCC[N+]=5CCC4(C)C)C1. The summed E-state index contributed by atoms with van der Waals surface area (Å²) in [6, 6.07) is 5.35. The molecule has 6 aliphatic rings. The monoisotopic (exact) mass is 529 g/mol. The zero-order valence-corrected chi connectivity index (χ0v) is 25.4. The molecule has 206 valence electrons. The zero-order chi connectivity index (χ0) is 27.6. The van der Waals surface area contributed by atoms with Crippen LogP contribution in [0.2, 0.25) is 0 Å². The fourth-order valence-corrected chi connectivity index (χ4v) is 9.00. The van der Waals surface area contributed by atoms with Gasteiger partial charge < -0.3 is 4.90 Å². The molecular weight excluding hydrogens is 484 g/mol. The van der Waals surface area contributed by atoms with Crippen LogP contribution in [0.15, 0.2) is 47.6 Å². The van der Waals surface area contributed by atoms with Gasteiger partial charge in [0.2, 0.25) is 5.36 Å². The van der Waals surface area contributed by atoms with Crippen LogP contribution in [-0.4, -0.2) is 26.2 Å². The summed E-state index contributed by atoms with van der Waals surface area (Å²) >= 11 is 0. The predicted molar refractivity (Wildman–Crippen MR) is 168 cm³/mol. The number of benzene rings is 2. The second-order valence-electron chi connectivity index (χ2n) is 14.9. The summed E-state index contributed by atoms with van der Waals surface area (Å²) < 4.78 is 2.74. The van der Waals surface area contributed by atoms with Crippen molar-refractivity contribution in [3.05, 3.63) is 97.1 Å². The molecule has 4 heterocycles. The van der Waals surface area contributed by atoms with Crippen molar-refractivity contribution in [2.24, 2.45) is 0 Å². The Morgan fingerprint density at radius 1 is 0.825 bits per heavy atom. The van der Waals surface area contributed by atoms with Crippen molar-refractivity contribution >= 4 is 11.3 Å². The molecule has 2 aromatic carbocycles. The minimum atomic E-state index is 0.216. The summed E-state index contributed by atoms with van der Waals surface area (Å²) in [6.45, 7) is 21.3. The van der Waals surface area contributed by atoms with Gasteiger partial charge in [0.05, 0.1) is 0 Å². The van der Waals surface area contributed by atoms with Gasteiger partial charge in [-0.3, -0.25) is 0 Å². The number of fused-ring (bicyclic) bond motifs is 4. The van der Waals surface area contributed by atoms with Gasteiger partial charge in [-0.25, -0.2) is 4.58 Å². The van der Waals surface area contributed by atoms with Crippen LogP contribution >= 0.6 is 0 Å². The molecule has 0 unspecified atom stereocenters. The van der Waals surface area contributed by atoms with Crippen molar-refractivity contribution in [3.63, 3.8) is 0 Å². The molecule has 0 spiro atoms. The van der Waals surface area contributed by atoms with E-state index in [0.717, 1.165) is 12.8 Å². The van der Waals surface area contributed by atoms with Crippen LogP contribution in [0.5, 0.6) is 0 Å². The Morgan fingerprint density at radius 3 is 2.42 bits per heavy atom. The first-order valence-electron chi connectivity index (χ1n) is 16.0. The summed E-state index contributed by atoms with van der Waals surface area (Å²) in [5.41, 5.74) is 19.1. The maximum absolute atomic E-state index is 4.32. The minimum absolute atomic E-state index is 0.216. The third-order valence-electron chi connectivity index (χ3n) is 11.5. The van der Waals surface area contributed by atoms with Crippen LogP contribution in [-0.2, 0) is 30.1 Å². The molecule has 4 aliphatic heterocycles. The van der Waals surface area contributed by atoms with Crippen molar-refractivity contribution in [1.29, 1.82) is 0 Å². The van der Waals surface area contributed by atoms with E-state index in [-0.39, 0.29) is 10.8 Å². The maximum atomic E-state index is 4.32. The number of hydrogen-bond acceptors (Lipinski definition) is 1. The molecular formula is C38H45N2+. The van der Waals surface area contributed by atoms with E-state index in [1.807, 2.05) is 0 Å². The van der Waals surface area contributed by atoms with Crippen molar-refractivity contribution < 1.29 is 0 Å². The van der Waals surface area contributed by atoms with E-state index in [0.29, 0.717) is 0 Å². The lowest BCUT2D eigenvalue weighted by Gasteiger charge is -2.45. The molecule has 0 N–H and O–H groups in total. The Balaban J connectivity index is 1.50. The summed E-state index contributed by atoms with van der Waals surface area (Å²) in [5.74, 6) is 0. The van der Waals surface area contributed by atoms with E-state index in [1.165, 1.54) is 81.4 Å². The van der Waals surface area contributed by atoms with Crippen molar-refractivity contribution in [1.82, 2.24) is 4.58 Å². The zero-order valence-electron chi connectivity index (χ0n) is 25.4. The molecule has 2 nitrogen and oxygen atoms in total. The van der Waals surface area contributed by atoms with Crippen LogP contribution in [0.1, 0.15) is 106 Å². The Kier molecular flexibility index (Phi) is 5.19. The molecule has 40 heavy (non-hydrogen) atoms. The number of hydrogen-bond donors (Lipinski definition) is 0. The van der Waals surface area contributed by atoms with Gasteiger partial charge in [-0.1, -0.05) is 52.0 Å². The highest BCUT2D eigenvalue weighted by Gasteiger charge is 2.41. The molecule has 8 rings (SSSR count). The normalized spacial score (nSPS) is 23.1. The Morgan fingerprint density at radius 2 is 1.62 bits per heavy atom. The molecule has 2 aromatic rings. The van der Waals surface area contributed by atoms with Gasteiger partial charge in [-0.05, 0) is 113 Å². The highest BCUT2D eigenvalue weighted by atomic mass is 15.1. The summed E-state index contributed by atoms with van der Waals surface area (Å²) in [6.07, 6.45) is 14.4. The number of rotatable bonds is 2. The Labute approximate surface area is 240 Å². The first kappa shape index (κ1) is 24.9. The average Bonchev–Trinajstić information content (AvgIpc) is 3.42. The number of allylic oxidation sites excluding steroid dienone is 5. The van der Waals surface area contributed by atoms with Crippen LogP contribution in [0.3, 0.4) is 0 Å². The second kappa shape index (κ2) is 8.34. The molecule has 0 radical (unpaired) electrons. The second-order valence-corrected chi connectivity index (χ2v) is 14.9. The third-order valence-corrected chi connectivity index (χ3v) is 11.5. The molecule has 0 fully saturated rings. The van der Waals surface area contributed by atoms with Gasteiger partial charge in [0.25, 0.3) is 0 Å². The fraction of sp³-hybridized carbons (Fsp3) is 0.500. The highest BCUT2D eigenvalue weighted by Crippen LogP contribution is 2.49. The van der Waals surface area contributed by atoms with E-state index < -0.39 is 0 Å². The first-order valence-corrected chi connectivity index (χ1v) is 16.0. The average molecular weight is 530 g/mol. The van der Waals surface area contributed by atoms with Gasteiger partial charge in [-0.15, -0.1) is 0 Å². The van der Waals surface area contributed by atoms with Gasteiger partial charge in [0.15, 0.2) is 0 Å². The predicted octanol–water partition coefficient (Wildman–Crippen LogP) is 6.17. The van der Waals surface area contributed by atoms with Crippen molar-refractivity contribution in [2.75, 3.05) is 31.1 Å². The van der Waals surface area contributed by atoms with E-state index in [9.17, 15) is 0 Å². The number of nitrogens with zero attached hydrogens (tertiary/aromatic N) is 2. The molecule has 0 atom stereocenters. The lowest BCUT2D eigenvalue weighted by molar-refractivity contribution is 0.373. The van der Waals surface area contributed by atoms with E-state index in [2.05, 4.69) is 75.0 Å². The fourth-order valence-electron chi connectivity index (χ4n) is 9.00. The molecule has 2 aliphatic carbocycles. The van der Waals surface area contributed by atoms with Crippen LogP contribution in [0, 0.1) is 0 Å². The molecule has 2 heteroatoms. The molecule has 0 bridgehead atoms. The third kappa shape index (κ3) is 3.37. The summed E-state index contributed by atoms with van der Waals surface area (Å²) in [5, 5.41) is 3.16. The molecule has 0 aromatic heterocycles. The van der Waals surface area contributed by atoms with Gasteiger partial charge in [-0.2, -0.15) is 0 Å². The van der Waals surface area contributed by atoms with Gasteiger partial charge in [0.1, 0.15) is 13.1 Å². The quantitative estimate of drug-likeness (QED) is 0.422. The molecule has 0 amide bonds. The topological polar surface area (TPSA) is 6.25 Å². The first-order chi connectivity index (χ1) is 19.1. The smallest absolute Gasteiger partial charge is 0.207 e. The lowest BCUT2D eigenvalue weighted by atomic mass is 9.68. The minimum Gasteiger partial charge on any atom is -0.371 e. The Hall–Kier alpha value is -2.87. The number of anilines is 1. The lowest BCUT2D eigenvalue weighted by Crippen LogP contribution is -2.51. The standard InChI is InChI=1S/C38H45N2/c1-23(2)24-11-12-25(19-24)34-30-21-32-35-26(9-7-15-39(35)17-13-37(32,3)4)28(30)20-29-27-10-8-16-40-18-14-38(5,6)33(36(27)40)22-31(29)34/h11-12,21-22H,1,7-10,13-20H2,2-6H3/q+1. The summed E-state index contributed by atoms with van der Waals surface area (Å²) in [4.78, 5) is 2.74. The summed E-state index contributed by atoms with van der Waals surface area (Å²) in [7, 11) is 0. The van der Waals surface area contributed by atoms with E-state index in [4.69, 9.17) is 0 Å². The van der Waals surface area contributed by atoms with Gasteiger partial charge in [0, 0.05) is 48.2 Å². The molecule has 0 saturated heterocycles. The van der Waals surface area contributed by atoms with Crippen LogP contribution < -0.4 is 20.1 Å². The van der Waals surface area contributed by atoms with Gasteiger partial charge >= 0.3 is 0 Å². The largest absolute Gasteiger partial charge is 0.371 e. The van der Waals surface area contributed by atoms with Crippen molar-refractivity contribution in [3.8, 4) is 0 Å². The Bertz CT molecular complexity index is 1720. The molecule has 0 saturated carbocycles. The van der Waals surface area contributed by atoms with Crippen LogP contribution in [0.4, 0.5) is 5.69 Å². The van der Waals surface area contributed by atoms with Crippen LogP contribution in [0.25, 0.3) is 5.57 Å². The maximum Gasteiger partial charge on any atom is 0.207 e. The van der Waals surface area contributed by atoms with E-state index in [1.54, 1.807) is 60.8 Å². The highest BCUT2D eigenvalue weighted by molar-refractivity contribution is 5.88. The van der Waals surface area contributed by atoms with E-state index >= 15 is 0 Å².